The molecule has 0 unspecified atom stereocenters. The lowest BCUT2D eigenvalue weighted by Crippen LogP contribution is -2.24. The first-order valence-electron chi connectivity index (χ1n) is 36.7. The molecule has 0 spiro atoms. The quantitative estimate of drug-likeness (QED) is 0.0497. The SMILES string of the molecule is CCc1ccc(Oc2ccc(N=Nc3ccc(-c4ccc(Oc5ccc(N=Nc6ccc(-c7ccc(Oc8ccc(N=Nc9ccc(C)cc9)cc8)cc7)cc6)cc5)cc4)cc3)cc2)cc1.CN1C(=O)c2ccc(Cc3ccc4c(c3)C(=O)N(C)C4=O)cc2C1=O.Cc1cccc(Oc2cccc(Oc3cccc(C)c3)c2)c1. The predicted molar refractivity (Wildman–Crippen MR) is 440 cm³/mol. The lowest BCUT2D eigenvalue weighted by molar-refractivity contribution is 0.0678. The molecule has 113 heavy (non-hydrogen) atoms. The van der Waals surface area contributed by atoms with Crippen LogP contribution in [0.2, 0.25) is 0 Å². The van der Waals surface area contributed by atoms with Gasteiger partial charge in [-0.15, -0.1) is 0 Å². The van der Waals surface area contributed by atoms with Crippen LogP contribution in [0.15, 0.2) is 358 Å². The van der Waals surface area contributed by atoms with Crippen LogP contribution < -0.4 is 23.7 Å². The monoisotopic (exact) mass is 1480 g/mol. The summed E-state index contributed by atoms with van der Waals surface area (Å²) in [5.41, 5.74) is 17.0. The first kappa shape index (κ1) is 75.0. The summed E-state index contributed by atoms with van der Waals surface area (Å²) in [4.78, 5) is 50.3. The number of azo groups is 3. The normalized spacial score (nSPS) is 12.2. The van der Waals surface area contributed by atoms with Gasteiger partial charge in [-0.2, -0.15) is 30.7 Å². The van der Waals surface area contributed by atoms with Crippen molar-refractivity contribution in [2.24, 2.45) is 30.7 Å². The number of benzene rings is 14. The summed E-state index contributed by atoms with van der Waals surface area (Å²) in [6, 6.07) is 105. The van der Waals surface area contributed by atoms with Crippen molar-refractivity contribution < 1.29 is 42.9 Å². The molecule has 16 rings (SSSR count). The van der Waals surface area contributed by atoms with Gasteiger partial charge >= 0.3 is 0 Å². The Bertz CT molecular complexity index is 5700. The molecule has 14 aromatic carbocycles. The van der Waals surface area contributed by atoms with Crippen LogP contribution in [-0.4, -0.2) is 47.5 Å². The Labute approximate surface area is 655 Å². The molecule has 0 atom stereocenters. The maximum atomic E-state index is 12.1. The Kier molecular flexibility index (Phi) is 23.2. The molecule has 0 N–H and O–H groups in total. The zero-order valence-corrected chi connectivity index (χ0v) is 62.8. The number of carbonyl (C=O) groups is 4. The molecule has 4 amide bonds. The number of ether oxygens (including phenoxy) is 5. The average Bonchev–Trinajstić information content (AvgIpc) is 1.63. The second-order valence-corrected chi connectivity index (χ2v) is 27.0. The number of hydrogen-bond acceptors (Lipinski definition) is 15. The highest BCUT2D eigenvalue weighted by atomic mass is 16.5. The molecular formula is C96H76N8O9. The third-order valence-corrected chi connectivity index (χ3v) is 18.5. The van der Waals surface area contributed by atoms with Crippen molar-refractivity contribution in [1.82, 2.24) is 9.80 Å². The number of amides is 4. The molecular weight excluding hydrogens is 1410 g/mol. The maximum absolute atomic E-state index is 12.1. The standard InChI is InChI=1S/C57H44N6O3.C20H18O2.C19H14N2O4/c1-3-41-6-28-52(29-7-41)64-55-34-22-50(23-35-55)62-59-47-18-8-42(9-19-47)45-14-32-54(33-15-45)66-57-38-26-51(27-39-57)63-60-48-20-10-43(11-21-48)44-12-30-53(31-13-44)65-56-36-24-49(25-37-56)61-58-46-16-4-40(2)5-17-46;1-15-6-3-8-17(12-15)21-19-10-5-11-20(14-19)22-18-9-4-7-16(2)13-18;1-20-16(22)12-5-3-10(8-14(12)18(20)24)7-11-4-6-13-15(9-11)19(25)21(2)17(13)23/h4-39H,3H2,1-2H3;3-14H,1-2H3;3-6,8-9H,7H2,1-2H3. The van der Waals surface area contributed by atoms with Gasteiger partial charge in [-0.05, 0) is 290 Å². The fourth-order valence-electron chi connectivity index (χ4n) is 12.3. The summed E-state index contributed by atoms with van der Waals surface area (Å²) in [6.45, 7) is 8.27. The largest absolute Gasteiger partial charge is 0.457 e. The van der Waals surface area contributed by atoms with Gasteiger partial charge in [-0.25, -0.2) is 0 Å². The molecule has 0 aliphatic carbocycles. The van der Waals surface area contributed by atoms with Crippen LogP contribution in [0.1, 0.15) is 81.7 Å². The van der Waals surface area contributed by atoms with Crippen molar-refractivity contribution in [2.45, 2.75) is 40.5 Å². The topological polar surface area (TPSA) is 195 Å². The zero-order valence-electron chi connectivity index (χ0n) is 62.8. The minimum Gasteiger partial charge on any atom is -0.457 e. The van der Waals surface area contributed by atoms with Gasteiger partial charge in [-0.3, -0.25) is 29.0 Å². The first-order valence-corrected chi connectivity index (χ1v) is 36.7. The van der Waals surface area contributed by atoms with E-state index in [2.05, 4.69) is 49.7 Å². The molecule has 0 saturated heterocycles. The molecule has 0 radical (unpaired) electrons. The van der Waals surface area contributed by atoms with Crippen molar-refractivity contribution in [3.8, 4) is 79.7 Å². The van der Waals surface area contributed by atoms with Gasteiger partial charge in [0.1, 0.15) is 57.5 Å². The molecule has 2 heterocycles. The first-order chi connectivity index (χ1) is 55.0. The van der Waals surface area contributed by atoms with Crippen molar-refractivity contribution in [1.29, 1.82) is 0 Å². The van der Waals surface area contributed by atoms with Gasteiger partial charge in [0, 0.05) is 20.2 Å². The molecule has 0 saturated carbocycles. The van der Waals surface area contributed by atoms with E-state index in [0.717, 1.165) is 135 Å². The van der Waals surface area contributed by atoms with Crippen molar-refractivity contribution in [2.75, 3.05) is 14.1 Å². The smallest absolute Gasteiger partial charge is 0.261 e. The Morgan fingerprint density at radius 1 is 0.239 bits per heavy atom. The summed E-state index contributed by atoms with van der Waals surface area (Å²) >= 11 is 0. The van der Waals surface area contributed by atoms with Crippen LogP contribution in [0, 0.1) is 20.8 Å². The molecule has 17 heteroatoms. The van der Waals surface area contributed by atoms with Crippen molar-refractivity contribution >= 4 is 57.8 Å². The van der Waals surface area contributed by atoms with Gasteiger partial charge < -0.3 is 23.7 Å². The summed E-state index contributed by atoms with van der Waals surface area (Å²) < 4.78 is 29.9. The number of rotatable bonds is 21. The molecule has 2 aliphatic rings. The molecule has 554 valence electrons. The molecule has 2 aliphatic heterocycles. The number of nitrogens with zero attached hydrogens (tertiary/aromatic N) is 8. The van der Waals surface area contributed by atoms with Crippen molar-refractivity contribution in [3.05, 3.63) is 383 Å². The van der Waals surface area contributed by atoms with Crippen LogP contribution in [0.5, 0.6) is 57.5 Å². The van der Waals surface area contributed by atoms with Gasteiger partial charge in [0.15, 0.2) is 0 Å². The van der Waals surface area contributed by atoms with E-state index in [1.54, 1.807) is 36.4 Å². The molecule has 14 aromatic rings. The van der Waals surface area contributed by atoms with E-state index in [0.29, 0.717) is 34.4 Å². The van der Waals surface area contributed by atoms with Crippen LogP contribution in [0.25, 0.3) is 22.3 Å². The van der Waals surface area contributed by atoms with E-state index >= 15 is 0 Å². The number of hydrogen-bond donors (Lipinski definition) is 0. The number of aryl methyl sites for hydroxylation is 4. The highest BCUT2D eigenvalue weighted by Gasteiger charge is 2.34. The predicted octanol–water partition coefficient (Wildman–Crippen LogP) is 26.1. The number of imide groups is 2. The minimum absolute atomic E-state index is 0.295. The van der Waals surface area contributed by atoms with Crippen LogP contribution in [0.4, 0.5) is 34.1 Å². The van der Waals surface area contributed by atoms with E-state index < -0.39 is 0 Å². The molecule has 0 fully saturated rings. The third-order valence-electron chi connectivity index (χ3n) is 18.5. The van der Waals surface area contributed by atoms with Crippen LogP contribution in [0.3, 0.4) is 0 Å². The van der Waals surface area contributed by atoms with E-state index in [1.165, 1.54) is 36.3 Å². The van der Waals surface area contributed by atoms with Crippen LogP contribution in [-0.2, 0) is 12.8 Å². The third kappa shape index (κ3) is 19.5. The summed E-state index contributed by atoms with van der Waals surface area (Å²) in [6.07, 6.45) is 1.50. The fourth-order valence-corrected chi connectivity index (χ4v) is 12.3. The molecule has 0 bridgehead atoms. The lowest BCUT2D eigenvalue weighted by Gasteiger charge is -2.10. The Morgan fingerprint density at radius 2 is 0.487 bits per heavy atom. The van der Waals surface area contributed by atoms with E-state index in [9.17, 15) is 19.2 Å². The second kappa shape index (κ2) is 35.0. The summed E-state index contributed by atoms with van der Waals surface area (Å²) in [7, 11) is 2.92. The molecule has 0 aromatic heterocycles. The Hall–Kier alpha value is -14.8. The van der Waals surface area contributed by atoms with Gasteiger partial charge in [0.05, 0.1) is 56.4 Å². The summed E-state index contributed by atoms with van der Waals surface area (Å²) in [5.74, 6) is 6.42. The van der Waals surface area contributed by atoms with Crippen molar-refractivity contribution in [3.63, 3.8) is 0 Å². The zero-order chi connectivity index (χ0) is 78.2. The highest BCUT2D eigenvalue weighted by molar-refractivity contribution is 6.22. The van der Waals surface area contributed by atoms with Gasteiger partial charge in [-0.1, -0.05) is 128 Å². The lowest BCUT2D eigenvalue weighted by atomic mass is 9.98. The fraction of sp³-hybridized carbons (Fsp3) is 0.0833. The Balaban J connectivity index is 0.000000181. The van der Waals surface area contributed by atoms with E-state index in [4.69, 9.17) is 23.7 Å². The van der Waals surface area contributed by atoms with E-state index in [-0.39, 0.29) is 23.6 Å². The summed E-state index contributed by atoms with van der Waals surface area (Å²) in [5, 5.41) is 26.3. The highest BCUT2D eigenvalue weighted by Crippen LogP contribution is 2.36. The van der Waals surface area contributed by atoms with Gasteiger partial charge in [0.25, 0.3) is 23.6 Å². The van der Waals surface area contributed by atoms with E-state index in [1.807, 2.05) is 300 Å². The number of carbonyl (C=O) groups excluding carboxylic acids is 4. The molecule has 17 nitrogen and oxygen atoms in total. The Morgan fingerprint density at radius 3 is 0.805 bits per heavy atom. The average molecular weight is 1490 g/mol. The van der Waals surface area contributed by atoms with Crippen LogP contribution >= 0.6 is 0 Å². The number of fused-ring (bicyclic) bond motifs is 2. The minimum atomic E-state index is -0.307. The maximum Gasteiger partial charge on any atom is 0.261 e. The van der Waals surface area contributed by atoms with Gasteiger partial charge in [0.2, 0.25) is 0 Å². The second-order valence-electron chi connectivity index (χ2n) is 27.0.